The highest BCUT2D eigenvalue weighted by atomic mass is 32.2. The predicted octanol–water partition coefficient (Wildman–Crippen LogP) is 10.9. The van der Waals surface area contributed by atoms with Crippen molar-refractivity contribution in [2.75, 3.05) is 0 Å². The zero-order valence-corrected chi connectivity index (χ0v) is 24.2. The first-order valence-corrected chi connectivity index (χ1v) is 15.2. The first kappa shape index (κ1) is 25.5. The van der Waals surface area contributed by atoms with Crippen LogP contribution in [0.3, 0.4) is 0 Å². The summed E-state index contributed by atoms with van der Waals surface area (Å²) < 4.78 is 1.22. The molecule has 0 bridgehead atoms. The number of thioether (sulfide) groups is 1. The molecule has 196 valence electrons. The largest absolute Gasteiger partial charge is 0.227 e. The van der Waals surface area contributed by atoms with Gasteiger partial charge in [0.2, 0.25) is 0 Å². The summed E-state index contributed by atoms with van der Waals surface area (Å²) in [5.41, 5.74) is 7.72. The highest BCUT2D eigenvalue weighted by Gasteiger charge is 2.17. The number of benzene rings is 5. The third-order valence-electron chi connectivity index (χ3n) is 7.27. The zero-order chi connectivity index (χ0) is 27.8. The molecule has 4 heteroatoms. The molecule has 0 amide bonds. The molecule has 41 heavy (non-hydrogen) atoms. The Kier molecular flexibility index (Phi) is 6.71. The molecule has 5 aromatic carbocycles. The van der Waals surface area contributed by atoms with Crippen LogP contribution in [0.1, 0.15) is 11.1 Å². The van der Waals surface area contributed by atoms with Crippen molar-refractivity contribution in [2.24, 2.45) is 0 Å². The Morgan fingerprint density at radius 3 is 2.20 bits per heavy atom. The molecule has 7 aromatic rings. The van der Waals surface area contributed by atoms with Gasteiger partial charge >= 0.3 is 0 Å². The Labute approximate surface area is 248 Å². The summed E-state index contributed by atoms with van der Waals surface area (Å²) in [5.74, 6) is 0.737. The van der Waals surface area contributed by atoms with E-state index in [9.17, 15) is 0 Å². The van der Waals surface area contributed by atoms with Crippen LogP contribution in [0.4, 0.5) is 0 Å². The second-order valence-corrected chi connectivity index (χ2v) is 12.2. The third kappa shape index (κ3) is 4.97. The van der Waals surface area contributed by atoms with Gasteiger partial charge in [0.1, 0.15) is 4.83 Å². The summed E-state index contributed by atoms with van der Waals surface area (Å²) in [4.78, 5) is 13.6. The smallest absolute Gasteiger partial charge is 0.161 e. The monoisotopic (exact) mass is 562 g/mol. The molecule has 0 aliphatic carbocycles. The summed E-state index contributed by atoms with van der Waals surface area (Å²) in [7, 11) is 0. The fourth-order valence-electron chi connectivity index (χ4n) is 5.11. The van der Waals surface area contributed by atoms with E-state index in [1.807, 2.05) is 6.07 Å². The number of thiophene rings is 1. The molecule has 0 saturated heterocycles. The average molecular weight is 563 g/mol. The van der Waals surface area contributed by atoms with E-state index < -0.39 is 0 Å². The Morgan fingerprint density at radius 2 is 1.37 bits per heavy atom. The van der Waals surface area contributed by atoms with Gasteiger partial charge in [0.15, 0.2) is 5.82 Å². The minimum atomic E-state index is 0.737. The van der Waals surface area contributed by atoms with Crippen LogP contribution in [0.15, 0.2) is 139 Å². The molecule has 2 nitrogen and oxygen atoms in total. The summed E-state index contributed by atoms with van der Waals surface area (Å²) in [6.07, 6.45) is 0. The Hall–Kier alpha value is -4.51. The fourth-order valence-corrected chi connectivity index (χ4v) is 7.08. The van der Waals surface area contributed by atoms with E-state index in [1.54, 1.807) is 23.1 Å². The second kappa shape index (κ2) is 10.8. The summed E-state index contributed by atoms with van der Waals surface area (Å²) in [6, 6.07) is 44.5. The standard InChI is InChI=1S/C37H26N2S2/c1-24-11-6-8-17-32(24)40-25(2)26-19-21-28(22-20-26)35-34-31-16-7-9-18-33(31)41-37(34)39-36(38-35)30-15-10-14-29(23-30)27-12-4-3-5-13-27/h3-23H,2H2,1H3. The van der Waals surface area contributed by atoms with Gasteiger partial charge in [0.05, 0.1) is 5.69 Å². The van der Waals surface area contributed by atoms with Crippen LogP contribution in [0.2, 0.25) is 0 Å². The molecular weight excluding hydrogens is 537 g/mol. The molecule has 0 fully saturated rings. The fraction of sp³-hybridized carbons (Fsp3) is 0.0270. The van der Waals surface area contributed by atoms with Crippen molar-refractivity contribution in [3.05, 3.63) is 145 Å². The van der Waals surface area contributed by atoms with Gasteiger partial charge in [-0.25, -0.2) is 9.97 Å². The lowest BCUT2D eigenvalue weighted by atomic mass is 10.0. The van der Waals surface area contributed by atoms with E-state index in [0.717, 1.165) is 48.9 Å². The molecule has 0 N–H and O–H groups in total. The molecule has 0 atom stereocenters. The third-order valence-corrected chi connectivity index (χ3v) is 9.50. The lowest BCUT2D eigenvalue weighted by molar-refractivity contribution is 1.24. The van der Waals surface area contributed by atoms with Gasteiger partial charge in [0, 0.05) is 36.4 Å². The number of hydrogen-bond acceptors (Lipinski definition) is 4. The summed E-state index contributed by atoms with van der Waals surface area (Å²) >= 11 is 3.43. The van der Waals surface area contributed by atoms with Crippen molar-refractivity contribution >= 4 is 48.3 Å². The molecule has 0 radical (unpaired) electrons. The van der Waals surface area contributed by atoms with Gasteiger partial charge in [0.25, 0.3) is 0 Å². The van der Waals surface area contributed by atoms with Gasteiger partial charge in [-0.05, 0) is 47.4 Å². The number of fused-ring (bicyclic) bond motifs is 3. The molecule has 2 heterocycles. The van der Waals surface area contributed by atoms with Crippen LogP contribution >= 0.6 is 23.1 Å². The molecular formula is C37H26N2S2. The van der Waals surface area contributed by atoms with Gasteiger partial charge < -0.3 is 0 Å². The van der Waals surface area contributed by atoms with Crippen LogP contribution < -0.4 is 0 Å². The van der Waals surface area contributed by atoms with E-state index in [-0.39, 0.29) is 0 Å². The molecule has 0 saturated carbocycles. The topological polar surface area (TPSA) is 25.8 Å². The second-order valence-electron chi connectivity index (χ2n) is 9.99. The quantitative estimate of drug-likeness (QED) is 0.189. The maximum atomic E-state index is 5.22. The maximum Gasteiger partial charge on any atom is 0.161 e. The van der Waals surface area contributed by atoms with Crippen molar-refractivity contribution < 1.29 is 0 Å². The lowest BCUT2D eigenvalue weighted by Crippen LogP contribution is -1.94. The Bertz CT molecular complexity index is 2040. The SMILES string of the molecule is C=C(Sc1ccccc1C)c1ccc(-c2nc(-c3cccc(-c4ccccc4)c3)nc3sc4ccccc4c23)cc1. The first-order chi connectivity index (χ1) is 20.1. The van der Waals surface area contributed by atoms with E-state index >= 15 is 0 Å². The normalized spacial score (nSPS) is 11.2. The molecule has 7 rings (SSSR count). The highest BCUT2D eigenvalue weighted by molar-refractivity contribution is 8.08. The summed E-state index contributed by atoms with van der Waals surface area (Å²) in [6.45, 7) is 6.51. The van der Waals surface area contributed by atoms with Crippen molar-refractivity contribution in [2.45, 2.75) is 11.8 Å². The van der Waals surface area contributed by atoms with Crippen molar-refractivity contribution in [1.29, 1.82) is 0 Å². The van der Waals surface area contributed by atoms with E-state index in [1.165, 1.54) is 26.1 Å². The number of aromatic nitrogens is 2. The number of nitrogens with zero attached hydrogens (tertiary/aromatic N) is 2. The highest BCUT2D eigenvalue weighted by Crippen LogP contribution is 2.41. The van der Waals surface area contributed by atoms with E-state index in [4.69, 9.17) is 9.97 Å². The minimum Gasteiger partial charge on any atom is -0.227 e. The van der Waals surface area contributed by atoms with Gasteiger partial charge in [-0.3, -0.25) is 0 Å². The maximum absolute atomic E-state index is 5.22. The van der Waals surface area contributed by atoms with E-state index in [0.29, 0.717) is 0 Å². The lowest BCUT2D eigenvalue weighted by Gasteiger charge is -2.11. The van der Waals surface area contributed by atoms with Crippen LogP contribution in [0.5, 0.6) is 0 Å². The van der Waals surface area contributed by atoms with Crippen molar-refractivity contribution in [3.8, 4) is 33.8 Å². The number of hydrogen-bond donors (Lipinski definition) is 0. The van der Waals surface area contributed by atoms with Crippen LogP contribution in [0, 0.1) is 6.92 Å². The zero-order valence-electron chi connectivity index (χ0n) is 22.5. The van der Waals surface area contributed by atoms with Gasteiger partial charge in [-0.2, -0.15) is 0 Å². The van der Waals surface area contributed by atoms with Crippen molar-refractivity contribution in [1.82, 2.24) is 9.97 Å². The Balaban J connectivity index is 1.32. The summed E-state index contributed by atoms with van der Waals surface area (Å²) in [5, 5.41) is 2.30. The van der Waals surface area contributed by atoms with E-state index in [2.05, 4.69) is 135 Å². The van der Waals surface area contributed by atoms with Crippen LogP contribution in [-0.4, -0.2) is 9.97 Å². The van der Waals surface area contributed by atoms with Gasteiger partial charge in [-0.15, -0.1) is 11.3 Å². The number of aryl methyl sites for hydroxylation is 1. The molecule has 2 aromatic heterocycles. The van der Waals surface area contributed by atoms with Crippen LogP contribution in [0.25, 0.3) is 59.0 Å². The van der Waals surface area contributed by atoms with Crippen molar-refractivity contribution in [3.63, 3.8) is 0 Å². The molecule has 0 spiro atoms. The van der Waals surface area contributed by atoms with Crippen LogP contribution in [-0.2, 0) is 0 Å². The first-order valence-electron chi connectivity index (χ1n) is 13.5. The predicted molar refractivity (Wildman–Crippen MR) is 177 cm³/mol. The molecule has 0 aliphatic heterocycles. The molecule has 0 aliphatic rings. The average Bonchev–Trinajstić information content (AvgIpc) is 3.41. The minimum absolute atomic E-state index is 0.737. The number of rotatable bonds is 6. The molecule has 0 unspecified atom stereocenters. The van der Waals surface area contributed by atoms with Gasteiger partial charge in [-0.1, -0.05) is 128 Å². The Morgan fingerprint density at radius 1 is 0.659 bits per heavy atom.